The van der Waals surface area contributed by atoms with E-state index in [1.807, 2.05) is 12.1 Å². The van der Waals surface area contributed by atoms with Crippen LogP contribution in [0.2, 0.25) is 0 Å². The van der Waals surface area contributed by atoms with Crippen molar-refractivity contribution in [3.8, 4) is 0 Å². The van der Waals surface area contributed by atoms with E-state index < -0.39 is 0 Å². The number of aliphatic hydroxyl groups is 1. The van der Waals surface area contributed by atoms with Crippen LogP contribution < -0.4 is 4.90 Å². The van der Waals surface area contributed by atoms with Crippen LogP contribution in [0.3, 0.4) is 0 Å². The summed E-state index contributed by atoms with van der Waals surface area (Å²) in [6.45, 7) is 7.66. The summed E-state index contributed by atoms with van der Waals surface area (Å²) >= 11 is 3.47. The molecular formula is C13H20BrNO. The average Bonchev–Trinajstić information content (AvgIpc) is 2.15. The van der Waals surface area contributed by atoms with Crippen LogP contribution in [0.25, 0.3) is 0 Å². The molecule has 0 fully saturated rings. The predicted molar refractivity (Wildman–Crippen MR) is 72.8 cm³/mol. The first kappa shape index (κ1) is 13.5. The molecule has 1 aromatic rings. The summed E-state index contributed by atoms with van der Waals surface area (Å²) in [5.74, 6) is 0. The molecule has 0 unspecified atom stereocenters. The smallest absolute Gasteiger partial charge is 0.0702 e. The Morgan fingerprint density at radius 1 is 1.31 bits per heavy atom. The lowest BCUT2D eigenvalue weighted by Gasteiger charge is -2.29. The van der Waals surface area contributed by atoms with Crippen LogP contribution in [0, 0.1) is 5.41 Å². The van der Waals surface area contributed by atoms with E-state index in [0.717, 1.165) is 22.3 Å². The molecule has 1 rings (SSSR count). The van der Waals surface area contributed by atoms with Gasteiger partial charge in [-0.1, -0.05) is 42.8 Å². The Hall–Kier alpha value is -0.540. The first-order valence-electron chi connectivity index (χ1n) is 5.44. The van der Waals surface area contributed by atoms with Crippen molar-refractivity contribution in [2.45, 2.75) is 27.4 Å². The van der Waals surface area contributed by atoms with Gasteiger partial charge in [0.2, 0.25) is 0 Å². The van der Waals surface area contributed by atoms with E-state index in [1.165, 1.54) is 0 Å². The quantitative estimate of drug-likeness (QED) is 0.920. The summed E-state index contributed by atoms with van der Waals surface area (Å²) in [5.41, 5.74) is 2.30. The van der Waals surface area contributed by atoms with Crippen molar-refractivity contribution in [1.29, 1.82) is 0 Å². The number of rotatable bonds is 3. The van der Waals surface area contributed by atoms with E-state index in [1.54, 1.807) is 0 Å². The summed E-state index contributed by atoms with van der Waals surface area (Å²) in [6, 6.07) is 5.97. The largest absolute Gasteiger partial charge is 0.392 e. The van der Waals surface area contributed by atoms with E-state index in [4.69, 9.17) is 0 Å². The molecule has 0 saturated carbocycles. The highest BCUT2D eigenvalue weighted by atomic mass is 79.9. The maximum Gasteiger partial charge on any atom is 0.0702 e. The van der Waals surface area contributed by atoms with Gasteiger partial charge in [-0.05, 0) is 17.5 Å². The van der Waals surface area contributed by atoms with Gasteiger partial charge >= 0.3 is 0 Å². The lowest BCUT2D eigenvalue weighted by molar-refractivity contribution is 0.281. The third kappa shape index (κ3) is 3.80. The molecule has 3 heteroatoms. The van der Waals surface area contributed by atoms with E-state index in [-0.39, 0.29) is 12.0 Å². The number of anilines is 1. The Morgan fingerprint density at radius 3 is 2.44 bits per heavy atom. The summed E-state index contributed by atoms with van der Waals surface area (Å²) in [7, 11) is 2.06. The molecule has 1 N–H and O–H groups in total. The van der Waals surface area contributed by atoms with Crippen molar-refractivity contribution in [1.82, 2.24) is 0 Å². The van der Waals surface area contributed by atoms with Gasteiger partial charge in [0, 0.05) is 29.3 Å². The Bertz CT molecular complexity index is 357. The van der Waals surface area contributed by atoms with Crippen molar-refractivity contribution >= 4 is 21.6 Å². The molecule has 0 aromatic heterocycles. The number of hydrogen-bond donors (Lipinski definition) is 1. The Morgan fingerprint density at radius 2 is 1.94 bits per heavy atom. The van der Waals surface area contributed by atoms with E-state index in [2.05, 4.69) is 54.7 Å². The number of hydrogen-bond acceptors (Lipinski definition) is 2. The third-order valence-corrected chi connectivity index (χ3v) is 2.83. The predicted octanol–water partition coefficient (Wildman–Crippen LogP) is 3.42. The number of nitrogens with zero attached hydrogens (tertiary/aromatic N) is 1. The molecule has 0 atom stereocenters. The molecule has 0 aliphatic heterocycles. The van der Waals surface area contributed by atoms with E-state index in [9.17, 15) is 5.11 Å². The Balaban J connectivity index is 2.97. The standard InChI is InChI=1S/C13H20BrNO/c1-13(2,3)9-15(4)12-7-11(14)6-5-10(12)8-16/h5-7,16H,8-9H2,1-4H3. The molecule has 0 saturated heterocycles. The Labute approximate surface area is 106 Å². The monoisotopic (exact) mass is 285 g/mol. The minimum Gasteiger partial charge on any atom is -0.392 e. The first-order chi connectivity index (χ1) is 7.33. The van der Waals surface area contributed by atoms with Crippen molar-refractivity contribution < 1.29 is 5.11 Å². The Kier molecular flexibility index (Phi) is 4.39. The summed E-state index contributed by atoms with van der Waals surface area (Å²) < 4.78 is 1.04. The van der Waals surface area contributed by atoms with Crippen molar-refractivity contribution in [2.24, 2.45) is 5.41 Å². The van der Waals surface area contributed by atoms with Crippen LogP contribution in [0.1, 0.15) is 26.3 Å². The average molecular weight is 286 g/mol. The molecule has 0 aliphatic carbocycles. The van der Waals surface area contributed by atoms with E-state index >= 15 is 0 Å². The van der Waals surface area contributed by atoms with Crippen LogP contribution in [0.4, 0.5) is 5.69 Å². The zero-order valence-corrected chi connectivity index (χ0v) is 12.0. The second kappa shape index (κ2) is 5.19. The minimum atomic E-state index is 0.0805. The van der Waals surface area contributed by atoms with Crippen LogP contribution in [-0.4, -0.2) is 18.7 Å². The maximum absolute atomic E-state index is 9.31. The fraction of sp³-hybridized carbons (Fsp3) is 0.538. The number of benzene rings is 1. The zero-order chi connectivity index (χ0) is 12.3. The van der Waals surface area contributed by atoms with Crippen molar-refractivity contribution in [3.63, 3.8) is 0 Å². The lowest BCUT2D eigenvalue weighted by atomic mass is 9.96. The highest BCUT2D eigenvalue weighted by Crippen LogP contribution is 2.27. The van der Waals surface area contributed by atoms with Gasteiger partial charge in [-0.2, -0.15) is 0 Å². The highest BCUT2D eigenvalue weighted by molar-refractivity contribution is 9.10. The zero-order valence-electron chi connectivity index (χ0n) is 10.4. The maximum atomic E-state index is 9.31. The van der Waals surface area contributed by atoms with E-state index in [0.29, 0.717) is 0 Å². The topological polar surface area (TPSA) is 23.5 Å². The molecule has 16 heavy (non-hydrogen) atoms. The molecule has 0 aliphatic rings. The summed E-state index contributed by atoms with van der Waals surface area (Å²) in [5, 5.41) is 9.31. The van der Waals surface area contributed by atoms with Gasteiger partial charge in [0.25, 0.3) is 0 Å². The summed E-state index contributed by atoms with van der Waals surface area (Å²) in [6.07, 6.45) is 0. The van der Waals surface area contributed by atoms with Gasteiger partial charge in [-0.25, -0.2) is 0 Å². The van der Waals surface area contributed by atoms with Gasteiger partial charge < -0.3 is 10.0 Å². The van der Waals surface area contributed by atoms with Crippen LogP contribution >= 0.6 is 15.9 Å². The molecule has 0 amide bonds. The van der Waals surface area contributed by atoms with Gasteiger partial charge in [0.15, 0.2) is 0 Å². The number of aliphatic hydroxyl groups excluding tert-OH is 1. The molecule has 0 bridgehead atoms. The van der Waals surface area contributed by atoms with Gasteiger partial charge in [-0.3, -0.25) is 0 Å². The highest BCUT2D eigenvalue weighted by Gasteiger charge is 2.16. The third-order valence-electron chi connectivity index (χ3n) is 2.34. The minimum absolute atomic E-state index is 0.0805. The van der Waals surface area contributed by atoms with Crippen molar-refractivity contribution in [2.75, 3.05) is 18.5 Å². The molecule has 0 heterocycles. The molecule has 1 aromatic carbocycles. The second-order valence-electron chi connectivity index (χ2n) is 5.35. The first-order valence-corrected chi connectivity index (χ1v) is 6.23. The van der Waals surface area contributed by atoms with Crippen LogP contribution in [-0.2, 0) is 6.61 Å². The van der Waals surface area contributed by atoms with Crippen LogP contribution in [0.5, 0.6) is 0 Å². The summed E-state index contributed by atoms with van der Waals surface area (Å²) in [4.78, 5) is 2.19. The molecule has 2 nitrogen and oxygen atoms in total. The fourth-order valence-electron chi connectivity index (χ4n) is 1.82. The second-order valence-corrected chi connectivity index (χ2v) is 6.26. The molecule has 90 valence electrons. The molecular weight excluding hydrogens is 266 g/mol. The molecule has 0 spiro atoms. The van der Waals surface area contributed by atoms with Gasteiger partial charge in [0.1, 0.15) is 0 Å². The lowest BCUT2D eigenvalue weighted by Crippen LogP contribution is -2.29. The van der Waals surface area contributed by atoms with Gasteiger partial charge in [0.05, 0.1) is 6.61 Å². The fourth-order valence-corrected chi connectivity index (χ4v) is 2.17. The SMILES string of the molecule is CN(CC(C)(C)C)c1cc(Br)ccc1CO. The van der Waals surface area contributed by atoms with Gasteiger partial charge in [-0.15, -0.1) is 0 Å². The van der Waals surface area contributed by atoms with Crippen LogP contribution in [0.15, 0.2) is 22.7 Å². The normalized spacial score (nSPS) is 11.6. The van der Waals surface area contributed by atoms with Crippen molar-refractivity contribution in [3.05, 3.63) is 28.2 Å². The molecule has 0 radical (unpaired) electrons. The number of halogens is 1.